The zero-order valence-electron chi connectivity index (χ0n) is 9.20. The molecule has 0 aliphatic carbocycles. The van der Waals surface area contributed by atoms with Crippen LogP contribution in [0.1, 0.15) is 34.1 Å². The maximum absolute atomic E-state index is 10.1. The van der Waals surface area contributed by atoms with E-state index in [4.69, 9.17) is 9.47 Å². The van der Waals surface area contributed by atoms with Crippen LogP contribution in [0.4, 0.5) is 0 Å². The molecule has 1 N–H and O–H groups in total. The highest BCUT2D eigenvalue weighted by molar-refractivity contribution is 5.23. The van der Waals surface area contributed by atoms with Gasteiger partial charge >= 0.3 is 0 Å². The van der Waals surface area contributed by atoms with Crippen molar-refractivity contribution in [1.82, 2.24) is 0 Å². The quantitative estimate of drug-likeness (QED) is 0.633. The van der Waals surface area contributed by atoms with E-state index in [2.05, 4.69) is 20.8 Å². The van der Waals surface area contributed by atoms with E-state index in [1.807, 2.05) is 6.92 Å². The minimum absolute atomic E-state index is 0.138. The van der Waals surface area contributed by atoms with E-state index in [0.29, 0.717) is 5.92 Å². The molecule has 0 aromatic rings. The fourth-order valence-electron chi connectivity index (χ4n) is 3.82. The number of rotatable bonds is 0. The molecule has 3 aliphatic heterocycles. The predicted molar refractivity (Wildman–Crippen MR) is 51.0 cm³/mol. The molecule has 0 aromatic carbocycles. The van der Waals surface area contributed by atoms with Crippen LogP contribution in [0.2, 0.25) is 0 Å². The summed E-state index contributed by atoms with van der Waals surface area (Å²) in [7, 11) is 0. The van der Waals surface area contributed by atoms with Crippen molar-refractivity contribution in [3.05, 3.63) is 0 Å². The molecule has 0 radical (unpaired) electrons. The molecule has 14 heavy (non-hydrogen) atoms. The molecule has 3 aliphatic rings. The Bertz CT molecular complexity index is 301. The summed E-state index contributed by atoms with van der Waals surface area (Å²) in [6, 6.07) is 0. The van der Waals surface area contributed by atoms with Gasteiger partial charge in [-0.25, -0.2) is 0 Å². The van der Waals surface area contributed by atoms with Gasteiger partial charge in [0, 0.05) is 5.92 Å². The maximum atomic E-state index is 10.1. The molecule has 3 heteroatoms. The third kappa shape index (κ3) is 0.730. The standard InChI is InChI=1S/C11H18O3/c1-9(2)6-5-10(3)7(12)8(13-9)11(6,4)14-10/h6-8,12H,5H2,1-4H3. The fraction of sp³-hybridized carbons (Fsp3) is 1.00. The average Bonchev–Trinajstić information content (AvgIpc) is 2.46. The van der Waals surface area contributed by atoms with Crippen LogP contribution in [0, 0.1) is 5.92 Å². The van der Waals surface area contributed by atoms with Gasteiger partial charge in [-0.1, -0.05) is 0 Å². The van der Waals surface area contributed by atoms with E-state index in [9.17, 15) is 5.11 Å². The Morgan fingerprint density at radius 1 is 1.21 bits per heavy atom. The van der Waals surface area contributed by atoms with Crippen molar-refractivity contribution in [3.63, 3.8) is 0 Å². The van der Waals surface area contributed by atoms with Crippen molar-refractivity contribution < 1.29 is 14.6 Å². The molecule has 0 aromatic heterocycles. The second-order valence-corrected chi connectivity index (χ2v) is 5.94. The molecule has 0 saturated carbocycles. The smallest absolute Gasteiger partial charge is 0.116 e. The van der Waals surface area contributed by atoms with Crippen molar-refractivity contribution in [3.8, 4) is 0 Å². The lowest BCUT2D eigenvalue weighted by Crippen LogP contribution is -2.47. The van der Waals surface area contributed by atoms with Gasteiger partial charge < -0.3 is 14.6 Å². The lowest BCUT2D eigenvalue weighted by atomic mass is 9.69. The average molecular weight is 198 g/mol. The first-order valence-corrected chi connectivity index (χ1v) is 5.36. The van der Waals surface area contributed by atoms with E-state index in [1.165, 1.54) is 0 Å². The molecule has 0 spiro atoms. The number of aliphatic hydroxyl groups is 1. The van der Waals surface area contributed by atoms with Gasteiger partial charge in [0.15, 0.2) is 0 Å². The van der Waals surface area contributed by atoms with Crippen LogP contribution >= 0.6 is 0 Å². The molecule has 3 heterocycles. The number of aliphatic hydroxyl groups excluding tert-OH is 1. The van der Waals surface area contributed by atoms with Gasteiger partial charge in [0.1, 0.15) is 17.8 Å². The van der Waals surface area contributed by atoms with E-state index in [1.54, 1.807) is 0 Å². The van der Waals surface area contributed by atoms with Gasteiger partial charge in [0.25, 0.3) is 0 Å². The third-order valence-corrected chi connectivity index (χ3v) is 4.50. The molecule has 3 rings (SSSR count). The van der Waals surface area contributed by atoms with E-state index >= 15 is 0 Å². The summed E-state index contributed by atoms with van der Waals surface area (Å²) in [5.74, 6) is 0.411. The molecule has 3 fully saturated rings. The summed E-state index contributed by atoms with van der Waals surface area (Å²) < 4.78 is 11.9. The van der Waals surface area contributed by atoms with Gasteiger partial charge in [-0.05, 0) is 34.1 Å². The Kier molecular flexibility index (Phi) is 1.33. The fourth-order valence-corrected chi connectivity index (χ4v) is 3.82. The summed E-state index contributed by atoms with van der Waals surface area (Å²) in [5, 5.41) is 10.1. The maximum Gasteiger partial charge on any atom is 0.116 e. The van der Waals surface area contributed by atoms with Crippen LogP contribution in [0.5, 0.6) is 0 Å². The molecule has 3 nitrogen and oxygen atoms in total. The van der Waals surface area contributed by atoms with Gasteiger partial charge in [0.05, 0.1) is 11.2 Å². The van der Waals surface area contributed by atoms with Gasteiger partial charge in [-0.2, -0.15) is 0 Å². The van der Waals surface area contributed by atoms with E-state index < -0.39 is 6.10 Å². The van der Waals surface area contributed by atoms with Crippen molar-refractivity contribution in [2.24, 2.45) is 5.92 Å². The lowest BCUT2D eigenvalue weighted by Gasteiger charge is -2.30. The normalized spacial score (nSPS) is 63.6. The van der Waals surface area contributed by atoms with Crippen LogP contribution in [-0.2, 0) is 9.47 Å². The highest BCUT2D eigenvalue weighted by Gasteiger charge is 2.75. The van der Waals surface area contributed by atoms with Crippen molar-refractivity contribution >= 4 is 0 Å². The summed E-state index contributed by atoms with van der Waals surface area (Å²) in [4.78, 5) is 0. The van der Waals surface area contributed by atoms with Crippen LogP contribution < -0.4 is 0 Å². The first-order valence-electron chi connectivity index (χ1n) is 5.36. The molecular weight excluding hydrogens is 180 g/mol. The van der Waals surface area contributed by atoms with Crippen LogP contribution in [-0.4, -0.2) is 34.1 Å². The minimum Gasteiger partial charge on any atom is -0.387 e. The third-order valence-electron chi connectivity index (χ3n) is 4.50. The number of hydrogen-bond acceptors (Lipinski definition) is 3. The lowest BCUT2D eigenvalue weighted by molar-refractivity contribution is -0.0747. The first kappa shape index (κ1) is 9.13. The molecule has 3 saturated heterocycles. The molecule has 80 valence electrons. The van der Waals surface area contributed by atoms with E-state index in [0.717, 1.165) is 6.42 Å². The number of fused-ring (bicyclic) bond motifs is 1. The summed E-state index contributed by atoms with van der Waals surface area (Å²) in [6.45, 7) is 8.28. The highest BCUT2D eigenvalue weighted by atomic mass is 16.6. The minimum atomic E-state index is -0.467. The molecule has 0 amide bonds. The Morgan fingerprint density at radius 3 is 2.36 bits per heavy atom. The zero-order valence-corrected chi connectivity index (χ0v) is 9.20. The predicted octanol–water partition coefficient (Wildman–Crippen LogP) is 1.09. The molecule has 2 bridgehead atoms. The second kappa shape index (κ2) is 2.04. The largest absolute Gasteiger partial charge is 0.387 e. The Hall–Kier alpha value is -0.120. The SMILES string of the molecule is CC1(C)OC2C(O)C3(C)CC1C2(C)O3. The zero-order chi connectivity index (χ0) is 10.4. The van der Waals surface area contributed by atoms with Gasteiger partial charge in [0.2, 0.25) is 0 Å². The molecule has 5 atom stereocenters. The monoisotopic (exact) mass is 198 g/mol. The second-order valence-electron chi connectivity index (χ2n) is 5.94. The summed E-state index contributed by atoms with van der Waals surface area (Å²) >= 11 is 0. The number of hydrogen-bond donors (Lipinski definition) is 1. The Labute approximate surface area is 84.4 Å². The topological polar surface area (TPSA) is 38.7 Å². The van der Waals surface area contributed by atoms with Gasteiger partial charge in [-0.3, -0.25) is 0 Å². The van der Waals surface area contributed by atoms with Gasteiger partial charge in [-0.15, -0.1) is 0 Å². The first-order chi connectivity index (χ1) is 6.30. The molecule has 5 unspecified atom stereocenters. The van der Waals surface area contributed by atoms with Crippen molar-refractivity contribution in [2.75, 3.05) is 0 Å². The van der Waals surface area contributed by atoms with Crippen LogP contribution in [0.25, 0.3) is 0 Å². The highest BCUT2D eigenvalue weighted by Crippen LogP contribution is 2.63. The van der Waals surface area contributed by atoms with E-state index in [-0.39, 0.29) is 22.9 Å². The molecular formula is C11H18O3. The summed E-state index contributed by atoms with van der Waals surface area (Å²) in [6.07, 6.45) is 0.306. The van der Waals surface area contributed by atoms with Crippen molar-refractivity contribution in [2.45, 2.75) is 63.1 Å². The summed E-state index contributed by atoms with van der Waals surface area (Å²) in [5.41, 5.74) is -0.801. The Morgan fingerprint density at radius 2 is 1.86 bits per heavy atom. The van der Waals surface area contributed by atoms with Crippen LogP contribution in [0.15, 0.2) is 0 Å². The van der Waals surface area contributed by atoms with Crippen molar-refractivity contribution in [1.29, 1.82) is 0 Å². The number of ether oxygens (including phenoxy) is 2. The Balaban J connectivity index is 2.12. The van der Waals surface area contributed by atoms with Crippen LogP contribution in [0.3, 0.4) is 0 Å².